The van der Waals surface area contributed by atoms with E-state index in [1.165, 1.54) is 31.4 Å². The number of methoxy groups -OCH3 is 1. The predicted octanol–water partition coefficient (Wildman–Crippen LogP) is 2.10. The summed E-state index contributed by atoms with van der Waals surface area (Å²) in [7, 11) is 1.48. The fourth-order valence-electron chi connectivity index (χ4n) is 1.12. The van der Waals surface area contributed by atoms with Gasteiger partial charge in [0.1, 0.15) is 11.5 Å². The van der Waals surface area contributed by atoms with E-state index in [0.29, 0.717) is 11.3 Å². The third kappa shape index (κ3) is 3.16. The lowest BCUT2D eigenvalue weighted by atomic mass is 10.2. The Bertz CT molecular complexity index is 421. The number of carbonyl (C=O) groups is 1. The fourth-order valence-corrected chi connectivity index (χ4v) is 1.12. The Balaban J connectivity index is 2.88. The second-order valence-electron chi connectivity index (χ2n) is 2.86. The minimum Gasteiger partial charge on any atom is -0.508 e. The van der Waals surface area contributed by atoms with Crippen LogP contribution in [0.3, 0.4) is 0 Å². The predicted molar refractivity (Wildman–Crippen MR) is 60.0 cm³/mol. The first-order valence-electron chi connectivity index (χ1n) is 4.54. The second-order valence-corrected chi connectivity index (χ2v) is 2.86. The molecule has 0 aliphatic carbocycles. The van der Waals surface area contributed by atoms with Crippen LogP contribution in [0.4, 0.5) is 0 Å². The van der Waals surface area contributed by atoms with Crippen LogP contribution < -0.4 is 4.74 Å². The van der Waals surface area contributed by atoms with Gasteiger partial charge >= 0.3 is 5.97 Å². The van der Waals surface area contributed by atoms with Crippen molar-refractivity contribution in [1.29, 1.82) is 0 Å². The molecular formula is C12H12O4. The summed E-state index contributed by atoms with van der Waals surface area (Å²) in [6, 6.07) is 4.59. The van der Waals surface area contributed by atoms with Gasteiger partial charge in [-0.15, -0.1) is 0 Å². The van der Waals surface area contributed by atoms with Gasteiger partial charge in [-0.25, -0.2) is 4.79 Å². The van der Waals surface area contributed by atoms with Gasteiger partial charge in [0.2, 0.25) is 0 Å². The lowest BCUT2D eigenvalue weighted by Gasteiger charge is -2.04. The molecule has 4 heteroatoms. The average molecular weight is 220 g/mol. The molecule has 0 amide bonds. The summed E-state index contributed by atoms with van der Waals surface area (Å²) >= 11 is 0. The molecule has 0 aliphatic heterocycles. The Morgan fingerprint density at radius 1 is 1.50 bits per heavy atom. The summed E-state index contributed by atoms with van der Waals surface area (Å²) in [5, 5.41) is 9.22. The molecule has 1 aromatic rings. The normalized spacial score (nSPS) is 10.1. The Labute approximate surface area is 93.4 Å². The van der Waals surface area contributed by atoms with Crippen LogP contribution >= 0.6 is 0 Å². The number of rotatable bonds is 4. The molecule has 16 heavy (non-hydrogen) atoms. The topological polar surface area (TPSA) is 55.8 Å². The highest BCUT2D eigenvalue weighted by Gasteiger charge is 2.01. The molecule has 0 heterocycles. The van der Waals surface area contributed by atoms with E-state index in [4.69, 9.17) is 4.74 Å². The minimum absolute atomic E-state index is 0.0997. The Morgan fingerprint density at radius 2 is 2.25 bits per heavy atom. The summed E-state index contributed by atoms with van der Waals surface area (Å²) in [5.41, 5.74) is 0.668. The molecule has 0 bridgehead atoms. The van der Waals surface area contributed by atoms with Gasteiger partial charge in [0.25, 0.3) is 0 Å². The number of ether oxygens (including phenoxy) is 2. The Hall–Kier alpha value is -2.23. The molecule has 0 saturated heterocycles. The molecule has 0 radical (unpaired) electrons. The maximum atomic E-state index is 11.0. The SMILES string of the molecule is C=COC(=O)C=Cc1ccc(O)cc1OC. The summed E-state index contributed by atoms with van der Waals surface area (Å²) in [4.78, 5) is 11.0. The number of hydrogen-bond acceptors (Lipinski definition) is 4. The Morgan fingerprint density at radius 3 is 2.88 bits per heavy atom. The zero-order valence-electron chi connectivity index (χ0n) is 8.84. The molecule has 0 saturated carbocycles. The average Bonchev–Trinajstić information content (AvgIpc) is 2.27. The van der Waals surface area contributed by atoms with Gasteiger partial charge < -0.3 is 14.6 Å². The van der Waals surface area contributed by atoms with Gasteiger partial charge in [-0.05, 0) is 18.2 Å². The second kappa shape index (κ2) is 5.60. The van der Waals surface area contributed by atoms with Crippen molar-refractivity contribution in [1.82, 2.24) is 0 Å². The first-order chi connectivity index (χ1) is 7.67. The maximum absolute atomic E-state index is 11.0. The molecule has 0 unspecified atom stereocenters. The van der Waals surface area contributed by atoms with Crippen LogP contribution in [-0.2, 0) is 9.53 Å². The number of benzene rings is 1. The lowest BCUT2D eigenvalue weighted by molar-refractivity contribution is -0.132. The summed E-state index contributed by atoms with van der Waals surface area (Å²) in [6.45, 7) is 3.27. The van der Waals surface area contributed by atoms with Crippen LogP contribution in [0, 0.1) is 0 Å². The van der Waals surface area contributed by atoms with E-state index in [1.54, 1.807) is 6.07 Å². The number of phenols is 1. The largest absolute Gasteiger partial charge is 0.508 e. The van der Waals surface area contributed by atoms with Gasteiger partial charge in [-0.1, -0.05) is 6.58 Å². The van der Waals surface area contributed by atoms with Crippen molar-refractivity contribution in [2.45, 2.75) is 0 Å². The number of aromatic hydroxyl groups is 1. The monoisotopic (exact) mass is 220 g/mol. The molecule has 0 atom stereocenters. The van der Waals surface area contributed by atoms with E-state index in [0.717, 1.165) is 6.26 Å². The smallest absolute Gasteiger partial charge is 0.335 e. The van der Waals surface area contributed by atoms with E-state index < -0.39 is 5.97 Å². The zero-order valence-corrected chi connectivity index (χ0v) is 8.84. The number of esters is 1. The van der Waals surface area contributed by atoms with Crippen molar-refractivity contribution in [3.8, 4) is 11.5 Å². The Kier molecular flexibility index (Phi) is 4.15. The van der Waals surface area contributed by atoms with Crippen molar-refractivity contribution >= 4 is 12.0 Å². The van der Waals surface area contributed by atoms with E-state index in [2.05, 4.69) is 11.3 Å². The highest BCUT2D eigenvalue weighted by atomic mass is 16.5. The van der Waals surface area contributed by atoms with Crippen LogP contribution in [0.2, 0.25) is 0 Å². The molecule has 0 aromatic heterocycles. The molecular weight excluding hydrogens is 208 g/mol. The fraction of sp³-hybridized carbons (Fsp3) is 0.0833. The summed E-state index contributed by atoms with van der Waals surface area (Å²) < 4.78 is 9.54. The molecule has 0 fully saturated rings. The lowest BCUT2D eigenvalue weighted by Crippen LogP contribution is -1.93. The number of phenolic OH excluding ortho intramolecular Hbond substituents is 1. The van der Waals surface area contributed by atoms with Crippen molar-refractivity contribution in [3.05, 3.63) is 42.7 Å². The third-order valence-electron chi connectivity index (χ3n) is 1.82. The van der Waals surface area contributed by atoms with Crippen LogP contribution in [0.15, 0.2) is 37.1 Å². The van der Waals surface area contributed by atoms with Crippen molar-refractivity contribution in [2.75, 3.05) is 7.11 Å². The van der Waals surface area contributed by atoms with Crippen LogP contribution in [0.5, 0.6) is 11.5 Å². The van der Waals surface area contributed by atoms with Crippen LogP contribution in [0.25, 0.3) is 6.08 Å². The van der Waals surface area contributed by atoms with E-state index in [9.17, 15) is 9.90 Å². The maximum Gasteiger partial charge on any atom is 0.335 e. The molecule has 84 valence electrons. The first kappa shape index (κ1) is 11.8. The number of carbonyl (C=O) groups excluding carboxylic acids is 1. The van der Waals surface area contributed by atoms with Crippen molar-refractivity contribution in [2.24, 2.45) is 0 Å². The standard InChI is InChI=1S/C12H12O4/c1-3-16-12(14)7-5-9-4-6-10(13)8-11(9)15-2/h3-8,13H,1H2,2H3. The zero-order chi connectivity index (χ0) is 12.0. The van der Waals surface area contributed by atoms with Gasteiger partial charge in [0, 0.05) is 17.7 Å². The van der Waals surface area contributed by atoms with E-state index in [-0.39, 0.29) is 5.75 Å². The summed E-state index contributed by atoms with van der Waals surface area (Å²) in [6.07, 6.45) is 3.83. The van der Waals surface area contributed by atoms with Crippen LogP contribution in [-0.4, -0.2) is 18.2 Å². The van der Waals surface area contributed by atoms with Crippen molar-refractivity contribution < 1.29 is 19.4 Å². The third-order valence-corrected chi connectivity index (χ3v) is 1.82. The molecule has 0 spiro atoms. The number of hydrogen-bond donors (Lipinski definition) is 1. The first-order valence-corrected chi connectivity index (χ1v) is 4.54. The highest BCUT2D eigenvalue weighted by Crippen LogP contribution is 2.24. The molecule has 0 aliphatic rings. The van der Waals surface area contributed by atoms with Gasteiger partial charge in [0.05, 0.1) is 13.4 Å². The molecule has 1 aromatic carbocycles. The molecule has 4 nitrogen and oxygen atoms in total. The summed E-state index contributed by atoms with van der Waals surface area (Å²) in [5.74, 6) is 0.0513. The van der Waals surface area contributed by atoms with Crippen molar-refractivity contribution in [3.63, 3.8) is 0 Å². The molecule has 1 rings (SSSR count). The highest BCUT2D eigenvalue weighted by molar-refractivity contribution is 5.88. The molecule has 1 N–H and O–H groups in total. The quantitative estimate of drug-likeness (QED) is 0.479. The van der Waals surface area contributed by atoms with Gasteiger partial charge in [0.15, 0.2) is 0 Å². The minimum atomic E-state index is -0.523. The van der Waals surface area contributed by atoms with Gasteiger partial charge in [-0.3, -0.25) is 0 Å². The van der Waals surface area contributed by atoms with E-state index >= 15 is 0 Å². The van der Waals surface area contributed by atoms with Crippen LogP contribution in [0.1, 0.15) is 5.56 Å². The van der Waals surface area contributed by atoms with Gasteiger partial charge in [-0.2, -0.15) is 0 Å². The van der Waals surface area contributed by atoms with E-state index in [1.807, 2.05) is 0 Å².